The zero-order valence-electron chi connectivity index (χ0n) is 23.0. The van der Waals surface area contributed by atoms with Gasteiger partial charge in [0.05, 0.1) is 48.8 Å². The van der Waals surface area contributed by atoms with E-state index in [0.29, 0.717) is 22.6 Å². The molecular weight excluding hydrogens is 437 g/mol. The molecule has 0 fully saturated rings. The molecule has 172 valence electrons. The summed E-state index contributed by atoms with van der Waals surface area (Å²) in [7, 11) is 0. The molecule has 34 heavy (non-hydrogen) atoms. The Bertz CT molecular complexity index is 1650. The second kappa shape index (κ2) is 8.75. The number of hydrazine groups is 1. The highest BCUT2D eigenvalue weighted by Gasteiger charge is 2.33. The van der Waals surface area contributed by atoms with E-state index >= 15 is 0 Å². The van der Waals surface area contributed by atoms with Crippen LogP contribution in [0.1, 0.15) is 23.9 Å². The summed E-state index contributed by atoms with van der Waals surface area (Å²) in [6.07, 6.45) is 1.04. The SMILES string of the molecule is [2H]c1c([2H])c([2H])c(-c2nc(=N)n3c(c2-c2cc(C)nc(CO)c2)N(O)N(Cc2ccc(F)cn2)C3)c([2H])c1[2H]. The number of aliphatic hydroxyl groups excluding tert-OH is 1. The summed E-state index contributed by atoms with van der Waals surface area (Å²) in [6, 6.07) is 3.06. The molecule has 4 aromatic rings. The maximum atomic E-state index is 13.4. The molecule has 5 rings (SSSR count). The van der Waals surface area contributed by atoms with Crippen LogP contribution in [0.4, 0.5) is 10.2 Å². The van der Waals surface area contributed by atoms with Gasteiger partial charge < -0.3 is 5.11 Å². The molecule has 0 spiro atoms. The molecule has 0 amide bonds. The Morgan fingerprint density at radius 1 is 1.12 bits per heavy atom. The zero-order valence-corrected chi connectivity index (χ0v) is 18.0. The third kappa shape index (κ3) is 3.94. The quantitative estimate of drug-likeness (QED) is 0.416. The lowest BCUT2D eigenvalue weighted by molar-refractivity contribution is 0.0614. The molecular formula is C24H22FN7O2. The maximum absolute atomic E-state index is 13.4. The van der Waals surface area contributed by atoms with Gasteiger partial charge in [-0.25, -0.2) is 9.37 Å². The molecule has 10 heteroatoms. The third-order valence-electron chi connectivity index (χ3n) is 5.28. The van der Waals surface area contributed by atoms with Crippen molar-refractivity contribution in [3.05, 3.63) is 89.2 Å². The Hall–Kier alpha value is -3.99. The van der Waals surface area contributed by atoms with E-state index in [1.165, 1.54) is 27.8 Å². The summed E-state index contributed by atoms with van der Waals surface area (Å²) in [5.41, 5.74) is 1.04. The number of aliphatic hydroxyl groups is 1. The van der Waals surface area contributed by atoms with Gasteiger partial charge in [-0.2, -0.15) is 10.2 Å². The van der Waals surface area contributed by atoms with E-state index in [2.05, 4.69) is 15.0 Å². The van der Waals surface area contributed by atoms with Crippen LogP contribution < -0.4 is 10.8 Å². The summed E-state index contributed by atoms with van der Waals surface area (Å²) < 4.78 is 56.0. The lowest BCUT2D eigenvalue weighted by Gasteiger charge is -2.23. The number of nitrogens with one attached hydrogen (secondary N) is 1. The van der Waals surface area contributed by atoms with Crippen LogP contribution in [0.2, 0.25) is 0 Å². The van der Waals surface area contributed by atoms with Gasteiger partial charge in [-0.1, -0.05) is 30.2 Å². The van der Waals surface area contributed by atoms with E-state index in [1.54, 1.807) is 13.0 Å². The normalized spacial score (nSPS) is 15.4. The number of fused-ring (bicyclic) bond motifs is 1. The van der Waals surface area contributed by atoms with Crippen molar-refractivity contribution in [2.45, 2.75) is 26.7 Å². The summed E-state index contributed by atoms with van der Waals surface area (Å²) >= 11 is 0. The monoisotopic (exact) mass is 464 g/mol. The minimum atomic E-state index is -0.582. The molecule has 9 nitrogen and oxygen atoms in total. The molecule has 0 saturated heterocycles. The number of anilines is 1. The average Bonchev–Trinajstić information content (AvgIpc) is 3.23. The standard InChI is InChI=1S/C24H22FN7O2/c1-15-9-17(10-20(13-33)28-15)21-22(16-5-3-2-4-6-16)29-24(26)31-14-30(32(34)23(21)31)12-19-8-7-18(25)11-27-19/h2-11,26,33-34H,12-14H2,1H3/i2D,3D,4D,5D,6D. The fraction of sp³-hybridized carbons (Fsp3) is 0.167. The Kier molecular flexibility index (Phi) is 4.27. The van der Waals surface area contributed by atoms with E-state index in [1.807, 2.05) is 0 Å². The van der Waals surface area contributed by atoms with E-state index in [4.69, 9.17) is 12.3 Å². The summed E-state index contributed by atoms with van der Waals surface area (Å²) in [4.78, 5) is 12.6. The van der Waals surface area contributed by atoms with Crippen molar-refractivity contribution in [3.8, 4) is 22.4 Å². The first-order chi connectivity index (χ1) is 18.5. The molecule has 1 aliphatic heterocycles. The van der Waals surface area contributed by atoms with Crippen LogP contribution in [0.25, 0.3) is 22.4 Å². The zero-order chi connectivity index (χ0) is 28.2. The molecule has 3 aromatic heterocycles. The summed E-state index contributed by atoms with van der Waals surface area (Å²) in [5, 5.41) is 31.9. The summed E-state index contributed by atoms with van der Waals surface area (Å²) in [6.45, 7) is 1.26. The van der Waals surface area contributed by atoms with Crippen LogP contribution in [0, 0.1) is 18.2 Å². The molecule has 4 heterocycles. The average molecular weight is 465 g/mol. The van der Waals surface area contributed by atoms with Gasteiger partial charge in [0.15, 0.2) is 5.82 Å². The van der Waals surface area contributed by atoms with Crippen LogP contribution in [0.15, 0.2) is 60.7 Å². The highest BCUT2D eigenvalue weighted by molar-refractivity contribution is 5.88. The lowest BCUT2D eigenvalue weighted by Crippen LogP contribution is -2.34. The number of benzene rings is 1. The molecule has 1 aromatic carbocycles. The number of hydrogen-bond acceptors (Lipinski definition) is 8. The molecule has 0 bridgehead atoms. The first-order valence-corrected chi connectivity index (χ1v) is 10.2. The van der Waals surface area contributed by atoms with Crippen molar-refractivity contribution in [1.82, 2.24) is 24.5 Å². The predicted molar refractivity (Wildman–Crippen MR) is 121 cm³/mol. The Labute approximate surface area is 201 Å². The van der Waals surface area contributed by atoms with Gasteiger partial charge in [0.1, 0.15) is 12.5 Å². The van der Waals surface area contributed by atoms with Gasteiger partial charge >= 0.3 is 0 Å². The van der Waals surface area contributed by atoms with Gasteiger partial charge in [-0.15, -0.1) is 0 Å². The Morgan fingerprint density at radius 3 is 2.62 bits per heavy atom. The molecule has 0 saturated carbocycles. The van der Waals surface area contributed by atoms with E-state index in [-0.39, 0.29) is 41.5 Å². The van der Waals surface area contributed by atoms with Crippen molar-refractivity contribution in [3.63, 3.8) is 0 Å². The number of rotatable bonds is 5. The number of aromatic nitrogens is 4. The predicted octanol–water partition coefficient (Wildman–Crippen LogP) is 3.01. The van der Waals surface area contributed by atoms with Crippen molar-refractivity contribution >= 4 is 5.82 Å². The van der Waals surface area contributed by atoms with Gasteiger partial charge in [0.25, 0.3) is 0 Å². The van der Waals surface area contributed by atoms with Crippen LogP contribution in [-0.2, 0) is 19.8 Å². The fourth-order valence-electron chi connectivity index (χ4n) is 3.84. The second-order valence-electron chi connectivity index (χ2n) is 7.62. The van der Waals surface area contributed by atoms with Gasteiger partial charge in [0.2, 0.25) is 5.62 Å². The van der Waals surface area contributed by atoms with Crippen molar-refractivity contribution in [2.75, 3.05) is 5.17 Å². The van der Waals surface area contributed by atoms with Gasteiger partial charge in [0, 0.05) is 11.3 Å². The smallest absolute Gasteiger partial charge is 0.225 e. The largest absolute Gasteiger partial charge is 0.390 e. The molecule has 3 N–H and O–H groups in total. The lowest BCUT2D eigenvalue weighted by atomic mass is 9.99. The first kappa shape index (κ1) is 16.6. The highest BCUT2D eigenvalue weighted by Crippen LogP contribution is 2.40. The number of halogens is 1. The molecule has 0 aliphatic carbocycles. The topological polar surface area (TPSA) is 114 Å². The third-order valence-corrected chi connectivity index (χ3v) is 5.28. The van der Waals surface area contributed by atoms with Crippen molar-refractivity contribution in [2.24, 2.45) is 0 Å². The first-order valence-electron chi connectivity index (χ1n) is 12.7. The van der Waals surface area contributed by atoms with Crippen LogP contribution in [-0.4, -0.2) is 34.8 Å². The minimum absolute atomic E-state index is 0.0264. The highest BCUT2D eigenvalue weighted by atomic mass is 19.1. The molecule has 0 radical (unpaired) electrons. The minimum Gasteiger partial charge on any atom is -0.390 e. The van der Waals surface area contributed by atoms with Crippen molar-refractivity contribution < 1.29 is 21.6 Å². The van der Waals surface area contributed by atoms with E-state index < -0.39 is 42.6 Å². The second-order valence-corrected chi connectivity index (χ2v) is 7.62. The molecule has 0 unspecified atom stereocenters. The molecule has 0 atom stereocenters. The number of aryl methyl sites for hydroxylation is 1. The van der Waals surface area contributed by atoms with Crippen molar-refractivity contribution in [1.29, 1.82) is 5.41 Å². The fourth-order valence-corrected chi connectivity index (χ4v) is 3.84. The van der Waals surface area contributed by atoms with E-state index in [9.17, 15) is 14.7 Å². The van der Waals surface area contributed by atoms with Gasteiger partial charge in [-0.3, -0.25) is 25.2 Å². The maximum Gasteiger partial charge on any atom is 0.225 e. The molecule has 1 aliphatic rings. The summed E-state index contributed by atoms with van der Waals surface area (Å²) in [5.74, 6) is -0.483. The number of nitrogens with zero attached hydrogens (tertiary/aromatic N) is 6. The van der Waals surface area contributed by atoms with Crippen LogP contribution >= 0.6 is 0 Å². The van der Waals surface area contributed by atoms with Crippen LogP contribution in [0.5, 0.6) is 0 Å². The van der Waals surface area contributed by atoms with E-state index in [0.717, 1.165) is 11.4 Å². The number of hydrogen-bond donors (Lipinski definition) is 3. The van der Waals surface area contributed by atoms with Gasteiger partial charge in [-0.05, 0) is 36.8 Å². The Balaban J connectivity index is 1.80. The van der Waals surface area contributed by atoms with Crippen LogP contribution in [0.3, 0.4) is 0 Å². The number of pyridine rings is 2. The Morgan fingerprint density at radius 2 is 1.91 bits per heavy atom.